The summed E-state index contributed by atoms with van der Waals surface area (Å²) in [6.45, 7) is -0.170. The molecule has 0 radical (unpaired) electrons. The average molecular weight is 308 g/mol. The molecule has 110 valence electrons. The van der Waals surface area contributed by atoms with E-state index in [9.17, 15) is 15.2 Å². The van der Waals surface area contributed by atoms with Crippen LogP contribution in [0.5, 0.6) is 0 Å². The van der Waals surface area contributed by atoms with Crippen molar-refractivity contribution < 1.29 is 10.0 Å². The Morgan fingerprint density at radius 1 is 1.38 bits per heavy atom. The van der Waals surface area contributed by atoms with E-state index in [1.807, 2.05) is 30.3 Å². The molecule has 1 heterocycles. The maximum atomic E-state index is 11.0. The molecule has 0 amide bonds. The second-order valence-corrected chi connectivity index (χ2v) is 4.93. The van der Waals surface area contributed by atoms with Gasteiger partial charge in [0.05, 0.1) is 22.6 Å². The van der Waals surface area contributed by atoms with Crippen molar-refractivity contribution in [3.05, 3.63) is 63.3 Å². The van der Waals surface area contributed by atoms with Gasteiger partial charge in [-0.05, 0) is 12.0 Å². The van der Waals surface area contributed by atoms with Gasteiger partial charge in [-0.15, -0.1) is 0 Å². The van der Waals surface area contributed by atoms with Crippen LogP contribution in [-0.4, -0.2) is 27.7 Å². The number of pyridine rings is 1. The van der Waals surface area contributed by atoms with Gasteiger partial charge in [-0.2, -0.15) is 0 Å². The first-order valence-corrected chi connectivity index (χ1v) is 6.69. The van der Waals surface area contributed by atoms with Gasteiger partial charge in [0.15, 0.2) is 0 Å². The lowest BCUT2D eigenvalue weighted by molar-refractivity contribution is -0.384. The van der Waals surface area contributed by atoms with Crippen LogP contribution in [0.25, 0.3) is 0 Å². The van der Waals surface area contributed by atoms with Crippen molar-refractivity contribution in [1.82, 2.24) is 4.98 Å². The van der Waals surface area contributed by atoms with Gasteiger partial charge in [0.1, 0.15) is 0 Å². The lowest BCUT2D eigenvalue weighted by Gasteiger charge is -2.17. The van der Waals surface area contributed by atoms with E-state index in [0.717, 1.165) is 5.56 Å². The van der Waals surface area contributed by atoms with E-state index >= 15 is 0 Å². The Morgan fingerprint density at radius 2 is 2.10 bits per heavy atom. The summed E-state index contributed by atoms with van der Waals surface area (Å²) >= 11 is 5.72. The topological polar surface area (TPSA) is 88.3 Å². The molecule has 21 heavy (non-hydrogen) atoms. The number of rotatable bonds is 6. The predicted octanol–water partition coefficient (Wildman–Crippen LogP) is 2.66. The third kappa shape index (κ3) is 4.14. The van der Waals surface area contributed by atoms with E-state index in [1.165, 1.54) is 12.3 Å². The molecule has 1 unspecified atom stereocenters. The molecule has 2 aromatic rings. The number of halogens is 1. The molecule has 0 aliphatic carbocycles. The fourth-order valence-corrected chi connectivity index (χ4v) is 2.08. The molecule has 1 aromatic carbocycles. The van der Waals surface area contributed by atoms with Crippen LogP contribution in [0.1, 0.15) is 5.56 Å². The standard InChI is InChI=1S/C14H14ClN3O3/c15-11-7-13(18(20)21)14(16-8-11)17-12(9-19)6-10-4-2-1-3-5-10/h1-5,7-8,12,19H,6,9H2,(H,16,17). The van der Waals surface area contributed by atoms with Crippen LogP contribution < -0.4 is 5.32 Å². The second kappa shape index (κ2) is 7.01. The van der Waals surface area contributed by atoms with Crippen LogP contribution in [0.3, 0.4) is 0 Å². The fraction of sp³-hybridized carbons (Fsp3) is 0.214. The third-order valence-electron chi connectivity index (χ3n) is 2.92. The molecule has 2 rings (SSSR count). The normalized spacial score (nSPS) is 11.9. The predicted molar refractivity (Wildman–Crippen MR) is 80.5 cm³/mol. The zero-order valence-electron chi connectivity index (χ0n) is 11.1. The zero-order chi connectivity index (χ0) is 15.2. The molecule has 0 bridgehead atoms. The van der Waals surface area contributed by atoms with Gasteiger partial charge in [0, 0.05) is 12.3 Å². The maximum absolute atomic E-state index is 11.0. The summed E-state index contributed by atoms with van der Waals surface area (Å²) in [7, 11) is 0. The summed E-state index contributed by atoms with van der Waals surface area (Å²) in [5.74, 6) is 0.0966. The van der Waals surface area contributed by atoms with Crippen LogP contribution in [0, 0.1) is 10.1 Å². The highest BCUT2D eigenvalue weighted by atomic mass is 35.5. The molecule has 0 saturated heterocycles. The summed E-state index contributed by atoms with van der Waals surface area (Å²) in [5, 5.41) is 23.5. The minimum Gasteiger partial charge on any atom is -0.394 e. The van der Waals surface area contributed by atoms with Gasteiger partial charge in [0.25, 0.3) is 0 Å². The molecule has 1 atom stereocenters. The molecule has 2 N–H and O–H groups in total. The molecule has 0 aliphatic heterocycles. The molecular formula is C14H14ClN3O3. The van der Waals surface area contributed by atoms with Gasteiger partial charge in [0.2, 0.25) is 5.82 Å². The first-order chi connectivity index (χ1) is 10.1. The highest BCUT2D eigenvalue weighted by molar-refractivity contribution is 6.30. The summed E-state index contributed by atoms with van der Waals surface area (Å²) in [4.78, 5) is 14.4. The number of nitrogens with zero attached hydrogens (tertiary/aromatic N) is 2. The van der Waals surface area contributed by atoms with Crippen molar-refractivity contribution in [3.8, 4) is 0 Å². The van der Waals surface area contributed by atoms with Crippen LogP contribution in [0.2, 0.25) is 5.02 Å². The summed E-state index contributed by atoms with van der Waals surface area (Å²) < 4.78 is 0. The fourth-order valence-electron chi connectivity index (χ4n) is 1.93. The molecule has 6 nitrogen and oxygen atoms in total. The Morgan fingerprint density at radius 3 is 2.71 bits per heavy atom. The van der Waals surface area contributed by atoms with E-state index in [1.54, 1.807) is 0 Å². The summed E-state index contributed by atoms with van der Waals surface area (Å²) in [5.41, 5.74) is 0.801. The Kier molecular flexibility index (Phi) is 5.08. The molecule has 1 aromatic heterocycles. The summed E-state index contributed by atoms with van der Waals surface area (Å²) in [6, 6.07) is 10.4. The number of nitrogens with one attached hydrogen (secondary N) is 1. The number of aliphatic hydroxyl groups excluding tert-OH is 1. The van der Waals surface area contributed by atoms with Crippen molar-refractivity contribution in [2.75, 3.05) is 11.9 Å². The zero-order valence-corrected chi connectivity index (χ0v) is 11.8. The number of aromatic nitrogens is 1. The highest BCUT2D eigenvalue weighted by Gasteiger charge is 2.19. The average Bonchev–Trinajstić information content (AvgIpc) is 2.49. The van der Waals surface area contributed by atoms with Gasteiger partial charge in [-0.1, -0.05) is 41.9 Å². The van der Waals surface area contributed by atoms with Gasteiger partial charge in [-0.25, -0.2) is 4.98 Å². The number of nitro groups is 1. The van der Waals surface area contributed by atoms with E-state index < -0.39 is 4.92 Å². The first kappa shape index (κ1) is 15.2. The number of aliphatic hydroxyl groups is 1. The minimum absolute atomic E-state index is 0.0966. The largest absolute Gasteiger partial charge is 0.394 e. The van der Waals surface area contributed by atoms with Crippen LogP contribution >= 0.6 is 11.6 Å². The molecule has 7 heteroatoms. The van der Waals surface area contributed by atoms with Crippen molar-refractivity contribution in [1.29, 1.82) is 0 Å². The van der Waals surface area contributed by atoms with Crippen molar-refractivity contribution in [2.45, 2.75) is 12.5 Å². The van der Waals surface area contributed by atoms with Crippen molar-refractivity contribution in [2.24, 2.45) is 0 Å². The van der Waals surface area contributed by atoms with Crippen LogP contribution in [0.15, 0.2) is 42.6 Å². The maximum Gasteiger partial charge on any atom is 0.312 e. The van der Waals surface area contributed by atoms with Gasteiger partial charge in [-0.3, -0.25) is 10.1 Å². The molecule has 0 saturated carbocycles. The number of hydrogen-bond donors (Lipinski definition) is 2. The van der Waals surface area contributed by atoms with E-state index in [2.05, 4.69) is 10.3 Å². The van der Waals surface area contributed by atoms with E-state index in [4.69, 9.17) is 11.6 Å². The quantitative estimate of drug-likeness (QED) is 0.632. The molecule has 0 fully saturated rings. The van der Waals surface area contributed by atoms with Gasteiger partial charge >= 0.3 is 5.69 Å². The molecule has 0 aliphatic rings. The van der Waals surface area contributed by atoms with Gasteiger partial charge < -0.3 is 10.4 Å². The third-order valence-corrected chi connectivity index (χ3v) is 3.12. The van der Waals surface area contributed by atoms with Crippen LogP contribution in [0.4, 0.5) is 11.5 Å². The van der Waals surface area contributed by atoms with Crippen LogP contribution in [-0.2, 0) is 6.42 Å². The van der Waals surface area contributed by atoms with E-state index in [-0.39, 0.29) is 29.2 Å². The molecular weight excluding hydrogens is 294 g/mol. The molecule has 0 spiro atoms. The second-order valence-electron chi connectivity index (χ2n) is 4.49. The lowest BCUT2D eigenvalue weighted by Crippen LogP contribution is -2.27. The number of benzene rings is 1. The monoisotopic (exact) mass is 307 g/mol. The SMILES string of the molecule is O=[N+]([O-])c1cc(Cl)cnc1NC(CO)Cc1ccccc1. The Bertz CT molecular complexity index is 622. The Hall–Kier alpha value is -2.18. The lowest BCUT2D eigenvalue weighted by atomic mass is 10.1. The smallest absolute Gasteiger partial charge is 0.312 e. The van der Waals surface area contributed by atoms with E-state index in [0.29, 0.717) is 6.42 Å². The Balaban J connectivity index is 2.17. The Labute approximate surface area is 126 Å². The number of anilines is 1. The number of hydrogen-bond acceptors (Lipinski definition) is 5. The highest BCUT2D eigenvalue weighted by Crippen LogP contribution is 2.25. The van der Waals surface area contributed by atoms with Crippen molar-refractivity contribution >= 4 is 23.1 Å². The van der Waals surface area contributed by atoms with Crippen molar-refractivity contribution in [3.63, 3.8) is 0 Å². The summed E-state index contributed by atoms with van der Waals surface area (Å²) in [6.07, 6.45) is 1.85. The first-order valence-electron chi connectivity index (χ1n) is 6.31. The minimum atomic E-state index is -0.557.